The van der Waals surface area contributed by atoms with E-state index in [0.717, 1.165) is 38.7 Å². The van der Waals surface area contributed by atoms with Gasteiger partial charge in [-0.25, -0.2) is 9.97 Å². The van der Waals surface area contributed by atoms with Gasteiger partial charge in [-0.15, -0.1) is 11.3 Å². The lowest BCUT2D eigenvalue weighted by Crippen LogP contribution is -2.32. The van der Waals surface area contributed by atoms with Crippen molar-refractivity contribution < 1.29 is 4.57 Å². The smallest absolute Gasteiger partial charge is 0.250 e. The molecule has 5 rings (SSSR count). The minimum absolute atomic E-state index is 0.685. The molecule has 0 radical (unpaired) electrons. The number of fused-ring (bicyclic) bond motifs is 2. The van der Waals surface area contributed by atoms with Crippen molar-refractivity contribution in [3.63, 3.8) is 0 Å². The zero-order valence-corrected chi connectivity index (χ0v) is 14.6. The molecule has 2 aromatic carbocycles. The third-order valence-electron chi connectivity index (χ3n) is 4.05. The van der Waals surface area contributed by atoms with Crippen LogP contribution < -0.4 is 4.57 Å². The molecule has 0 bridgehead atoms. The molecule has 0 saturated carbocycles. The van der Waals surface area contributed by atoms with Gasteiger partial charge in [0, 0.05) is 5.02 Å². The molecule has 0 aliphatic carbocycles. The lowest BCUT2D eigenvalue weighted by Gasteiger charge is -2.02. The van der Waals surface area contributed by atoms with Crippen LogP contribution in [0.2, 0.25) is 5.02 Å². The maximum atomic E-state index is 6.23. The number of nitrogens with one attached hydrogen (secondary N) is 1. The summed E-state index contributed by atoms with van der Waals surface area (Å²) in [6.45, 7) is 0. The Balaban J connectivity index is 1.91. The number of rotatable bonds is 2. The topological polar surface area (TPSA) is 45.5 Å². The molecule has 0 spiro atoms. The normalized spacial score (nSPS) is 11.4. The van der Waals surface area contributed by atoms with E-state index in [1.165, 1.54) is 0 Å². The van der Waals surface area contributed by atoms with Gasteiger partial charge in [0.1, 0.15) is 16.1 Å². The van der Waals surface area contributed by atoms with E-state index < -0.39 is 0 Å². The molecule has 0 aliphatic rings. The van der Waals surface area contributed by atoms with Crippen LogP contribution in [-0.2, 0) is 0 Å². The van der Waals surface area contributed by atoms with E-state index in [2.05, 4.69) is 21.0 Å². The standard InChI is InChI=1S/C19H11ClN4S/c20-12-5-3-6-13(11-12)24-18(16-9-4-10-25-16)23-17-19(24)22-15-8-2-1-7-14(15)21-17/h1-11H/p+1. The largest absolute Gasteiger partial charge is 0.328 e. The van der Waals surface area contributed by atoms with E-state index in [1.54, 1.807) is 11.3 Å². The van der Waals surface area contributed by atoms with Crippen LogP contribution in [0.25, 0.3) is 38.7 Å². The van der Waals surface area contributed by atoms with Crippen LogP contribution in [0.3, 0.4) is 0 Å². The van der Waals surface area contributed by atoms with Gasteiger partial charge in [0.25, 0.3) is 11.5 Å². The predicted octanol–water partition coefficient (Wildman–Crippen LogP) is 4.77. The fraction of sp³-hybridized carbons (Fsp3) is 0. The van der Waals surface area contributed by atoms with E-state index in [9.17, 15) is 0 Å². The van der Waals surface area contributed by atoms with E-state index in [-0.39, 0.29) is 0 Å². The second-order valence-electron chi connectivity index (χ2n) is 5.65. The lowest BCUT2D eigenvalue weighted by atomic mass is 10.3. The molecule has 0 fully saturated rings. The van der Waals surface area contributed by atoms with Gasteiger partial charge in [0.2, 0.25) is 0 Å². The van der Waals surface area contributed by atoms with Crippen LogP contribution >= 0.6 is 22.9 Å². The SMILES string of the molecule is Clc1cccc(-[n+]2c(-c3cccs3)[nH]c3nc4ccccc4nc32)c1. The fourth-order valence-corrected chi connectivity index (χ4v) is 3.86. The number of halogens is 1. The summed E-state index contributed by atoms with van der Waals surface area (Å²) in [5.74, 6) is 0.947. The first-order valence-electron chi connectivity index (χ1n) is 7.80. The summed E-state index contributed by atoms with van der Waals surface area (Å²) in [6.07, 6.45) is 0. The Morgan fingerprint density at radius 3 is 2.52 bits per heavy atom. The molecule has 1 N–H and O–H groups in total. The molecule has 4 nitrogen and oxygen atoms in total. The Morgan fingerprint density at radius 1 is 0.920 bits per heavy atom. The molecule has 0 atom stereocenters. The van der Waals surface area contributed by atoms with Crippen LogP contribution in [0.5, 0.6) is 0 Å². The second-order valence-corrected chi connectivity index (χ2v) is 7.03. The molecule has 0 aliphatic heterocycles. The summed E-state index contributed by atoms with van der Waals surface area (Å²) in [4.78, 5) is 14.1. The van der Waals surface area contributed by atoms with Crippen molar-refractivity contribution in [2.45, 2.75) is 0 Å². The highest BCUT2D eigenvalue weighted by Gasteiger charge is 2.24. The van der Waals surface area contributed by atoms with Crippen molar-refractivity contribution in [3.8, 4) is 16.4 Å². The van der Waals surface area contributed by atoms with Crippen molar-refractivity contribution >= 4 is 45.3 Å². The molecule has 5 aromatic rings. The molecular weight excluding hydrogens is 352 g/mol. The molecule has 25 heavy (non-hydrogen) atoms. The van der Waals surface area contributed by atoms with E-state index in [0.29, 0.717) is 5.02 Å². The fourth-order valence-electron chi connectivity index (χ4n) is 2.96. The molecule has 6 heteroatoms. The summed E-state index contributed by atoms with van der Waals surface area (Å²) < 4.78 is 2.08. The van der Waals surface area contributed by atoms with Crippen molar-refractivity contribution in [2.24, 2.45) is 0 Å². The maximum absolute atomic E-state index is 6.23. The molecule has 0 unspecified atom stereocenters. The van der Waals surface area contributed by atoms with Crippen molar-refractivity contribution in [3.05, 3.63) is 71.1 Å². The average molecular weight is 364 g/mol. The van der Waals surface area contributed by atoms with Gasteiger partial charge in [0.15, 0.2) is 5.52 Å². The van der Waals surface area contributed by atoms with Crippen LogP contribution in [-0.4, -0.2) is 15.0 Å². The van der Waals surface area contributed by atoms with Crippen LogP contribution in [0.1, 0.15) is 0 Å². The molecule has 120 valence electrons. The number of hydrogen-bond donors (Lipinski definition) is 1. The zero-order valence-electron chi connectivity index (χ0n) is 13.0. The van der Waals surface area contributed by atoms with Crippen molar-refractivity contribution in [1.29, 1.82) is 0 Å². The second kappa shape index (κ2) is 5.65. The number of nitrogens with zero attached hydrogens (tertiary/aromatic N) is 3. The minimum Gasteiger partial charge on any atom is -0.250 e. The first-order valence-corrected chi connectivity index (χ1v) is 9.06. The number of aromatic amines is 1. The van der Waals surface area contributed by atoms with Crippen LogP contribution in [0, 0.1) is 0 Å². The van der Waals surface area contributed by atoms with Gasteiger partial charge in [-0.2, -0.15) is 4.57 Å². The number of thiophene rings is 1. The number of benzene rings is 2. The van der Waals surface area contributed by atoms with Gasteiger partial charge < -0.3 is 0 Å². The lowest BCUT2D eigenvalue weighted by molar-refractivity contribution is -0.556. The molecule has 3 heterocycles. The molecule has 0 saturated heterocycles. The summed E-state index contributed by atoms with van der Waals surface area (Å²) >= 11 is 7.90. The third kappa shape index (κ3) is 2.40. The van der Waals surface area contributed by atoms with Gasteiger partial charge in [-0.05, 0) is 41.8 Å². The van der Waals surface area contributed by atoms with E-state index in [1.807, 2.05) is 54.6 Å². The summed E-state index contributed by atoms with van der Waals surface area (Å²) in [6, 6.07) is 19.8. The first-order chi connectivity index (χ1) is 12.3. The number of H-pyrrole nitrogens is 1. The van der Waals surface area contributed by atoms with Gasteiger partial charge >= 0.3 is 5.65 Å². The van der Waals surface area contributed by atoms with Crippen molar-refractivity contribution in [2.75, 3.05) is 0 Å². The van der Waals surface area contributed by atoms with Gasteiger partial charge in [-0.1, -0.05) is 40.9 Å². The molecule has 3 aromatic heterocycles. The summed E-state index contributed by atoms with van der Waals surface area (Å²) in [7, 11) is 0. The minimum atomic E-state index is 0.685. The monoisotopic (exact) mass is 363 g/mol. The quantitative estimate of drug-likeness (QED) is 0.459. The number of hydrogen-bond acceptors (Lipinski definition) is 3. The van der Waals surface area contributed by atoms with Crippen LogP contribution in [0.15, 0.2) is 66.0 Å². The first kappa shape index (κ1) is 14.6. The van der Waals surface area contributed by atoms with Crippen LogP contribution in [0.4, 0.5) is 0 Å². The predicted molar refractivity (Wildman–Crippen MR) is 101 cm³/mol. The summed E-state index contributed by atoms with van der Waals surface area (Å²) in [5, 5.41) is 2.74. The Hall–Kier alpha value is -2.76. The highest BCUT2D eigenvalue weighted by Crippen LogP contribution is 2.25. The van der Waals surface area contributed by atoms with Gasteiger partial charge in [-0.3, -0.25) is 0 Å². The number of para-hydroxylation sites is 2. The van der Waals surface area contributed by atoms with E-state index >= 15 is 0 Å². The van der Waals surface area contributed by atoms with Crippen molar-refractivity contribution in [1.82, 2.24) is 15.0 Å². The Bertz CT molecular complexity index is 1210. The Kier molecular flexibility index (Phi) is 3.29. The average Bonchev–Trinajstić information content (AvgIpc) is 3.27. The summed E-state index contributed by atoms with van der Waals surface area (Å²) in [5.41, 5.74) is 4.22. The zero-order chi connectivity index (χ0) is 16.8. The number of aromatic nitrogens is 4. The molecular formula is C19H12ClN4S+. The third-order valence-corrected chi connectivity index (χ3v) is 5.16. The Morgan fingerprint density at radius 2 is 1.76 bits per heavy atom. The highest BCUT2D eigenvalue weighted by molar-refractivity contribution is 7.13. The number of imidazole rings is 1. The molecule has 0 amide bonds. The van der Waals surface area contributed by atoms with E-state index in [4.69, 9.17) is 21.6 Å². The maximum Gasteiger partial charge on any atom is 0.328 e. The highest BCUT2D eigenvalue weighted by atomic mass is 35.5. The van der Waals surface area contributed by atoms with Gasteiger partial charge in [0.05, 0.1) is 0 Å². The Labute approximate surface area is 152 Å².